The van der Waals surface area contributed by atoms with Crippen LogP contribution in [0, 0.1) is 0 Å². The lowest BCUT2D eigenvalue weighted by Gasteiger charge is -2.42. The molecule has 0 saturated carbocycles. The van der Waals surface area contributed by atoms with E-state index in [1.165, 1.54) is 31.2 Å². The van der Waals surface area contributed by atoms with Crippen molar-refractivity contribution in [2.75, 3.05) is 6.61 Å². The fourth-order valence-electron chi connectivity index (χ4n) is 4.79. The molecule has 3 aromatic rings. The maximum absolute atomic E-state index is 13.5. The SMILES string of the molecule is C[C@@H]1O[C@@H](OC[C@@H]2O[C@@H](Oc3c(-c4ccc(O)cc4)oc4cc(O)cc(O)c4c3=O)[C@@H](O)[C@H](O)[C@H]2O)[C@H](O)[C@H](O)[C@H]1O. The first-order valence-electron chi connectivity index (χ1n) is 12.9. The standard InChI is InChI=1S/C27H30O15/c1-9-17(31)20(34)22(36)26(39-9)38-8-15-18(32)21(35)23(37)27(41-15)42-25-19(33)16-13(30)6-12(29)7-14(16)40-24(25)10-2-4-11(28)5-3-10/h2-7,9,15,17-18,20-23,26-32,34-37H,8H2,1H3/t9-,15-,17-,18-,20+,21+,22+,23-,26+,27-/m0/s1. The molecule has 0 amide bonds. The molecule has 15 nitrogen and oxygen atoms in total. The third-order valence-electron chi connectivity index (χ3n) is 7.18. The minimum atomic E-state index is -1.92. The fourth-order valence-corrected chi connectivity index (χ4v) is 4.79. The van der Waals surface area contributed by atoms with E-state index in [1.807, 2.05) is 0 Å². The summed E-state index contributed by atoms with van der Waals surface area (Å²) in [6, 6.07) is 7.33. The normalized spacial score (nSPS) is 33.5. The summed E-state index contributed by atoms with van der Waals surface area (Å²) in [5.41, 5.74) is -0.956. The summed E-state index contributed by atoms with van der Waals surface area (Å²) in [5, 5.41) is 91.4. The second kappa shape index (κ2) is 11.6. The number of phenolic OH excluding ortho intramolecular Hbond substituents is 3. The molecule has 42 heavy (non-hydrogen) atoms. The van der Waals surface area contributed by atoms with Crippen LogP contribution in [0.1, 0.15) is 6.92 Å². The van der Waals surface area contributed by atoms with Crippen molar-refractivity contribution in [1.82, 2.24) is 0 Å². The first-order valence-corrected chi connectivity index (χ1v) is 12.9. The molecule has 2 aliphatic rings. The summed E-state index contributed by atoms with van der Waals surface area (Å²) in [5.74, 6) is -1.97. The van der Waals surface area contributed by atoms with Gasteiger partial charge < -0.3 is 69.3 Å². The van der Waals surface area contributed by atoms with Crippen LogP contribution in [0.25, 0.3) is 22.3 Å². The molecular weight excluding hydrogens is 564 g/mol. The Hall–Kier alpha value is -3.51. The predicted octanol–water partition coefficient (Wildman–Crippen LogP) is -1.39. The molecule has 0 unspecified atom stereocenters. The van der Waals surface area contributed by atoms with Crippen LogP contribution in [0.5, 0.6) is 23.0 Å². The Morgan fingerprint density at radius 1 is 0.762 bits per heavy atom. The molecule has 15 heteroatoms. The molecule has 0 aliphatic carbocycles. The van der Waals surface area contributed by atoms with Crippen molar-refractivity contribution in [2.45, 2.75) is 68.3 Å². The van der Waals surface area contributed by atoms with E-state index in [9.17, 15) is 50.8 Å². The van der Waals surface area contributed by atoms with Gasteiger partial charge in [0.25, 0.3) is 0 Å². The van der Waals surface area contributed by atoms with Gasteiger partial charge in [0.2, 0.25) is 17.5 Å². The Kier molecular flexibility index (Phi) is 8.30. The van der Waals surface area contributed by atoms with Crippen LogP contribution in [-0.2, 0) is 14.2 Å². The Bertz CT molecular complexity index is 1470. The molecule has 10 atom stereocenters. The summed E-state index contributed by atoms with van der Waals surface area (Å²) < 4.78 is 28.0. The quantitative estimate of drug-likeness (QED) is 0.159. The highest BCUT2D eigenvalue weighted by Crippen LogP contribution is 2.37. The van der Waals surface area contributed by atoms with Crippen molar-refractivity contribution >= 4 is 11.0 Å². The van der Waals surface area contributed by atoms with Gasteiger partial charge in [0.1, 0.15) is 70.9 Å². The number of benzene rings is 2. The number of fused-ring (bicyclic) bond motifs is 1. The maximum atomic E-state index is 13.5. The van der Waals surface area contributed by atoms with Crippen molar-refractivity contribution < 1.29 is 69.3 Å². The van der Waals surface area contributed by atoms with Crippen LogP contribution >= 0.6 is 0 Å². The summed E-state index contributed by atoms with van der Waals surface area (Å²) in [7, 11) is 0. The topological polar surface area (TPSA) is 249 Å². The third kappa shape index (κ3) is 5.49. The Morgan fingerprint density at radius 3 is 2.10 bits per heavy atom. The second-order valence-electron chi connectivity index (χ2n) is 10.1. The monoisotopic (exact) mass is 594 g/mol. The first kappa shape index (κ1) is 30.0. The number of hydrogen-bond donors (Lipinski definition) is 9. The zero-order chi connectivity index (χ0) is 30.5. The van der Waals surface area contributed by atoms with Gasteiger partial charge in [0.15, 0.2) is 12.1 Å². The number of aliphatic hydroxyl groups is 6. The minimum Gasteiger partial charge on any atom is -0.508 e. The lowest BCUT2D eigenvalue weighted by molar-refractivity contribution is -0.318. The highest BCUT2D eigenvalue weighted by atomic mass is 16.7. The van der Waals surface area contributed by atoms with Gasteiger partial charge in [-0.3, -0.25) is 4.79 Å². The fraction of sp³-hybridized carbons (Fsp3) is 0.444. The van der Waals surface area contributed by atoms with E-state index in [0.717, 1.165) is 12.1 Å². The average molecular weight is 595 g/mol. The summed E-state index contributed by atoms with van der Waals surface area (Å²) in [6.07, 6.45) is -15.8. The number of ether oxygens (including phenoxy) is 4. The number of aliphatic hydroxyl groups excluding tert-OH is 6. The molecule has 2 fully saturated rings. The van der Waals surface area contributed by atoms with Crippen LogP contribution in [-0.4, -0.2) is 114 Å². The Labute approximate surface area is 236 Å². The number of rotatable bonds is 6. The Balaban J connectivity index is 1.46. The molecule has 5 rings (SSSR count). The van der Waals surface area contributed by atoms with Gasteiger partial charge in [-0.15, -0.1) is 0 Å². The van der Waals surface area contributed by atoms with Gasteiger partial charge in [0, 0.05) is 17.7 Å². The summed E-state index contributed by atoms with van der Waals surface area (Å²) in [6.45, 7) is 0.866. The zero-order valence-corrected chi connectivity index (χ0v) is 21.9. The number of phenols is 3. The smallest absolute Gasteiger partial charge is 0.239 e. The maximum Gasteiger partial charge on any atom is 0.239 e. The van der Waals surface area contributed by atoms with E-state index < -0.39 is 90.7 Å². The van der Waals surface area contributed by atoms with E-state index in [2.05, 4.69) is 0 Å². The molecule has 0 radical (unpaired) electrons. The van der Waals surface area contributed by atoms with Gasteiger partial charge >= 0.3 is 0 Å². The third-order valence-corrected chi connectivity index (χ3v) is 7.18. The zero-order valence-electron chi connectivity index (χ0n) is 21.9. The highest BCUT2D eigenvalue weighted by Gasteiger charge is 2.47. The van der Waals surface area contributed by atoms with E-state index in [4.69, 9.17) is 23.4 Å². The van der Waals surface area contributed by atoms with E-state index >= 15 is 0 Å². The summed E-state index contributed by atoms with van der Waals surface area (Å²) in [4.78, 5) is 13.5. The molecule has 2 aromatic carbocycles. The molecule has 0 spiro atoms. The van der Waals surface area contributed by atoms with Crippen molar-refractivity contribution in [3.8, 4) is 34.3 Å². The first-order chi connectivity index (χ1) is 19.9. The molecule has 1 aromatic heterocycles. The van der Waals surface area contributed by atoms with Crippen LogP contribution in [0.4, 0.5) is 0 Å². The van der Waals surface area contributed by atoms with Gasteiger partial charge in [0.05, 0.1) is 12.7 Å². The number of aromatic hydroxyl groups is 3. The van der Waals surface area contributed by atoms with Crippen LogP contribution in [0.15, 0.2) is 45.6 Å². The average Bonchev–Trinajstić information content (AvgIpc) is 2.95. The largest absolute Gasteiger partial charge is 0.508 e. The lowest BCUT2D eigenvalue weighted by Crippen LogP contribution is -2.61. The van der Waals surface area contributed by atoms with Crippen molar-refractivity contribution in [3.05, 3.63) is 46.6 Å². The molecule has 3 heterocycles. The van der Waals surface area contributed by atoms with Gasteiger partial charge in [-0.05, 0) is 31.2 Å². The molecule has 9 N–H and O–H groups in total. The van der Waals surface area contributed by atoms with Crippen molar-refractivity contribution in [3.63, 3.8) is 0 Å². The van der Waals surface area contributed by atoms with E-state index in [0.29, 0.717) is 0 Å². The van der Waals surface area contributed by atoms with Crippen LogP contribution in [0.2, 0.25) is 0 Å². The molecule has 2 aliphatic heterocycles. The van der Waals surface area contributed by atoms with Gasteiger partial charge in [-0.1, -0.05) is 0 Å². The van der Waals surface area contributed by atoms with Crippen molar-refractivity contribution in [1.29, 1.82) is 0 Å². The molecular formula is C27H30O15. The lowest BCUT2D eigenvalue weighted by atomic mass is 9.98. The van der Waals surface area contributed by atoms with Gasteiger partial charge in [-0.2, -0.15) is 0 Å². The highest BCUT2D eigenvalue weighted by molar-refractivity contribution is 5.88. The van der Waals surface area contributed by atoms with Crippen LogP contribution in [0.3, 0.4) is 0 Å². The van der Waals surface area contributed by atoms with Crippen molar-refractivity contribution in [2.24, 2.45) is 0 Å². The molecule has 0 bridgehead atoms. The summed E-state index contributed by atoms with van der Waals surface area (Å²) >= 11 is 0. The second-order valence-corrected chi connectivity index (χ2v) is 10.1. The Morgan fingerprint density at radius 2 is 1.40 bits per heavy atom. The predicted molar refractivity (Wildman–Crippen MR) is 139 cm³/mol. The van der Waals surface area contributed by atoms with E-state index in [-0.39, 0.29) is 28.0 Å². The van der Waals surface area contributed by atoms with Gasteiger partial charge in [-0.25, -0.2) is 0 Å². The van der Waals surface area contributed by atoms with Crippen LogP contribution < -0.4 is 10.2 Å². The van der Waals surface area contributed by atoms with E-state index in [1.54, 1.807) is 0 Å². The number of hydrogen-bond acceptors (Lipinski definition) is 15. The minimum absolute atomic E-state index is 0.103. The molecule has 228 valence electrons. The molecule has 2 saturated heterocycles.